The minimum absolute atomic E-state index is 0.205. The maximum Gasteiger partial charge on any atom is 0.364 e. The fourth-order valence-corrected chi connectivity index (χ4v) is 12.5. The zero-order chi connectivity index (χ0) is 66.8. The third kappa shape index (κ3) is 31.5. The van der Waals surface area contributed by atoms with Gasteiger partial charge in [-0.3, -0.25) is 9.59 Å². The van der Waals surface area contributed by atoms with E-state index in [4.69, 9.17) is 28.4 Å². The highest BCUT2D eigenvalue weighted by atomic mass is 16.8. The van der Waals surface area contributed by atoms with Gasteiger partial charge in [0.1, 0.15) is 67.1 Å². The molecule has 23 nitrogen and oxygen atoms in total. The molecule has 23 heteroatoms. The number of carbonyl (C=O) groups excluding carboxylic acids is 2. The summed E-state index contributed by atoms with van der Waals surface area (Å²) in [6.07, 6.45) is 18.4. The van der Waals surface area contributed by atoms with Crippen molar-refractivity contribution in [2.75, 3.05) is 26.4 Å². The number of carboxylic acids is 1. The molecular formula is C68H126N2O21. The van der Waals surface area contributed by atoms with Gasteiger partial charge in [-0.2, -0.15) is 0 Å². The normalized spacial score (nSPS) is 28.4. The lowest BCUT2D eigenvalue weighted by Crippen LogP contribution is -2.70. The van der Waals surface area contributed by atoms with Gasteiger partial charge in [0, 0.05) is 19.8 Å². The number of allylic oxidation sites excluding steroid dienone is 1. The van der Waals surface area contributed by atoms with Crippen LogP contribution in [0, 0.1) is 0 Å². The highest BCUT2D eigenvalue weighted by Gasteiger charge is 2.60. The van der Waals surface area contributed by atoms with E-state index < -0.39 is 155 Å². The first-order valence-corrected chi connectivity index (χ1v) is 35.6. The molecule has 0 spiro atoms. The van der Waals surface area contributed by atoms with E-state index in [0.29, 0.717) is 12.8 Å². The minimum atomic E-state index is -3.08. The summed E-state index contributed by atoms with van der Waals surface area (Å²) in [6.45, 7) is 2.14. The van der Waals surface area contributed by atoms with E-state index >= 15 is 0 Å². The number of carboxylic acid groups (broad SMARTS) is 1. The summed E-state index contributed by atoms with van der Waals surface area (Å²) in [5.41, 5.74) is 0. The fraction of sp³-hybridized carbons (Fsp3) is 0.926. The van der Waals surface area contributed by atoms with Gasteiger partial charge in [0.05, 0.1) is 50.7 Å². The number of hydrogen-bond acceptors (Lipinski definition) is 20. The van der Waals surface area contributed by atoms with Crippen LogP contribution in [0.4, 0.5) is 0 Å². The van der Waals surface area contributed by atoms with Crippen molar-refractivity contribution in [3.63, 3.8) is 0 Å². The molecule has 0 aromatic heterocycles. The second-order valence-corrected chi connectivity index (χ2v) is 26.1. The van der Waals surface area contributed by atoms with E-state index in [1.807, 2.05) is 6.08 Å². The Bertz CT molecular complexity index is 1890. The van der Waals surface area contributed by atoms with Gasteiger partial charge in [-0.25, -0.2) is 4.79 Å². The number of carbonyl (C=O) groups is 3. The van der Waals surface area contributed by atoms with E-state index in [2.05, 4.69) is 24.5 Å². The predicted octanol–water partition coefficient (Wildman–Crippen LogP) is 6.68. The minimum Gasteiger partial charge on any atom is -0.477 e. The summed E-state index contributed by atoms with van der Waals surface area (Å²) in [5, 5.41) is 136. The molecule has 18 atom stereocenters. The van der Waals surface area contributed by atoms with Crippen LogP contribution >= 0.6 is 0 Å². The van der Waals surface area contributed by atoms with Crippen molar-refractivity contribution in [3.05, 3.63) is 12.2 Å². The van der Waals surface area contributed by atoms with Crippen molar-refractivity contribution in [1.82, 2.24) is 10.6 Å². The number of hydrogen-bond donors (Lipinski definition) is 14. The van der Waals surface area contributed by atoms with Gasteiger partial charge >= 0.3 is 5.97 Å². The summed E-state index contributed by atoms with van der Waals surface area (Å²) >= 11 is 0. The molecule has 14 N–H and O–H groups in total. The number of nitrogens with one attached hydrogen (secondary N) is 2. The third-order valence-electron chi connectivity index (χ3n) is 18.2. The van der Waals surface area contributed by atoms with E-state index in [9.17, 15) is 75.7 Å². The SMILES string of the molecule is CCCCCCCCCCCCC/C=C/C(O)C(COC1OC(CO)C(OC2OC(CO)C(O)C(OC3(C(=O)O)CC(O)C(NC(C)=O)C(C(O)C(O)CO)O3)C2O)C(O)C1O)NC(=O)CCCCCCCCCCCCCCCCCCCCCCCCCC. The molecular weight excluding hydrogens is 1180 g/mol. The molecule has 0 aliphatic carbocycles. The molecule has 91 heavy (non-hydrogen) atoms. The summed E-state index contributed by atoms with van der Waals surface area (Å²) < 4.78 is 34.8. The van der Waals surface area contributed by atoms with Crippen LogP contribution in [0.5, 0.6) is 0 Å². The summed E-state index contributed by atoms with van der Waals surface area (Å²) in [4.78, 5) is 38.5. The second kappa shape index (κ2) is 49.1. The van der Waals surface area contributed by atoms with Crippen LogP contribution in [0.1, 0.15) is 265 Å². The van der Waals surface area contributed by atoms with Crippen molar-refractivity contribution in [2.24, 2.45) is 0 Å². The Morgan fingerprint density at radius 2 is 1.02 bits per heavy atom. The average molecular weight is 1310 g/mol. The van der Waals surface area contributed by atoms with Gasteiger partial charge in [-0.15, -0.1) is 0 Å². The first-order chi connectivity index (χ1) is 43.9. The molecule has 3 heterocycles. The van der Waals surface area contributed by atoms with Gasteiger partial charge in [-0.1, -0.05) is 238 Å². The Hall–Kier alpha value is -2.53. The summed E-state index contributed by atoms with van der Waals surface area (Å²) in [6, 6.07) is -2.61. The molecule has 3 aliphatic rings. The fourth-order valence-electron chi connectivity index (χ4n) is 12.5. The van der Waals surface area contributed by atoms with Crippen LogP contribution < -0.4 is 10.6 Å². The lowest BCUT2D eigenvalue weighted by Gasteiger charge is -2.50. The van der Waals surface area contributed by atoms with Gasteiger partial charge < -0.3 is 100 Å². The van der Waals surface area contributed by atoms with Crippen molar-refractivity contribution >= 4 is 17.8 Å². The van der Waals surface area contributed by atoms with Crippen molar-refractivity contribution in [1.29, 1.82) is 0 Å². The van der Waals surface area contributed by atoms with Gasteiger partial charge in [0.25, 0.3) is 5.79 Å². The standard InChI is InChI=1S/C68H126N2O21/c1-4-6-8-10-12-14-16-18-19-20-21-22-23-24-25-26-27-28-30-32-34-36-38-40-42-55(78)70-49(50(75)41-39-37-35-33-31-29-17-15-13-11-9-7-5-2)47-86-65-60(82)59(81)62(54(46-73)88-65)89-66-61(83)64(58(80)53(45-72)87-66)91-68(67(84)85)43-51(76)56(69-48(3)74)63(90-68)57(79)52(77)44-71/h39,41,49-54,56-66,71-73,75-77,79-83H,4-38,40,42-47H2,1-3H3,(H,69,74)(H,70,78)(H,84,85)/b41-39+. The van der Waals surface area contributed by atoms with E-state index in [1.54, 1.807) is 6.08 Å². The molecule has 3 fully saturated rings. The Balaban J connectivity index is 1.56. The molecule has 2 amide bonds. The first kappa shape index (κ1) is 82.7. The largest absolute Gasteiger partial charge is 0.477 e. The van der Waals surface area contributed by atoms with Crippen molar-refractivity contribution < 1.29 is 104 Å². The predicted molar refractivity (Wildman–Crippen MR) is 343 cm³/mol. The lowest BCUT2D eigenvalue weighted by atomic mass is 9.88. The number of rotatable bonds is 54. The molecule has 0 bridgehead atoms. The molecule has 534 valence electrons. The van der Waals surface area contributed by atoms with Crippen molar-refractivity contribution in [3.8, 4) is 0 Å². The monoisotopic (exact) mass is 1310 g/mol. The van der Waals surface area contributed by atoms with Crippen LogP contribution in [-0.4, -0.2) is 215 Å². The molecule has 3 rings (SSSR count). The smallest absolute Gasteiger partial charge is 0.364 e. The quantitative estimate of drug-likeness (QED) is 0.0223. The lowest BCUT2D eigenvalue weighted by molar-refractivity contribution is -0.386. The van der Waals surface area contributed by atoms with E-state index in [0.717, 1.165) is 51.9 Å². The molecule has 0 aromatic carbocycles. The van der Waals surface area contributed by atoms with Crippen LogP contribution in [-0.2, 0) is 42.8 Å². The number of unbranched alkanes of at least 4 members (excludes halogenated alkanes) is 34. The van der Waals surface area contributed by atoms with Crippen LogP contribution in [0.15, 0.2) is 12.2 Å². The third-order valence-corrected chi connectivity index (χ3v) is 18.2. The zero-order valence-electron chi connectivity index (χ0n) is 55.7. The molecule has 0 aromatic rings. The number of ether oxygens (including phenoxy) is 6. The Morgan fingerprint density at radius 1 is 0.571 bits per heavy atom. The molecule has 0 radical (unpaired) electrons. The number of amides is 2. The second-order valence-electron chi connectivity index (χ2n) is 26.1. The topological polar surface area (TPSA) is 373 Å². The summed E-state index contributed by atoms with van der Waals surface area (Å²) in [7, 11) is 0. The van der Waals surface area contributed by atoms with Crippen LogP contribution in [0.2, 0.25) is 0 Å². The van der Waals surface area contributed by atoms with E-state index in [-0.39, 0.29) is 12.3 Å². The number of aliphatic hydroxyl groups is 11. The zero-order valence-corrected chi connectivity index (χ0v) is 55.7. The maximum absolute atomic E-state index is 13.5. The van der Waals surface area contributed by atoms with Gasteiger partial charge in [0.2, 0.25) is 11.8 Å². The summed E-state index contributed by atoms with van der Waals surface area (Å²) in [5.74, 6) is -6.13. The van der Waals surface area contributed by atoms with Crippen LogP contribution in [0.3, 0.4) is 0 Å². The van der Waals surface area contributed by atoms with E-state index in [1.165, 1.54) is 173 Å². The number of aliphatic hydroxyl groups excluding tert-OH is 11. The van der Waals surface area contributed by atoms with Gasteiger partial charge in [-0.05, 0) is 19.3 Å². The Kier molecular flexibility index (Phi) is 44.6. The first-order valence-electron chi connectivity index (χ1n) is 35.6. The molecule has 18 unspecified atom stereocenters. The highest BCUT2D eigenvalue weighted by Crippen LogP contribution is 2.39. The van der Waals surface area contributed by atoms with Crippen LogP contribution in [0.25, 0.3) is 0 Å². The average Bonchev–Trinajstić information content (AvgIpc) is 0.766. The molecule has 3 saturated heterocycles. The Morgan fingerprint density at radius 3 is 1.46 bits per heavy atom. The van der Waals surface area contributed by atoms with Gasteiger partial charge in [0.15, 0.2) is 12.6 Å². The highest BCUT2D eigenvalue weighted by molar-refractivity contribution is 5.77. The number of aliphatic carboxylic acids is 1. The Labute approximate surface area is 543 Å². The molecule has 3 aliphatic heterocycles. The maximum atomic E-state index is 13.5. The molecule has 0 saturated carbocycles. The van der Waals surface area contributed by atoms with Crippen molar-refractivity contribution in [2.45, 2.75) is 375 Å².